The van der Waals surface area contributed by atoms with E-state index in [1.807, 2.05) is 20.8 Å². The van der Waals surface area contributed by atoms with Crippen molar-refractivity contribution in [1.82, 2.24) is 0 Å². The molecule has 0 bridgehead atoms. The van der Waals surface area contributed by atoms with Crippen molar-refractivity contribution >= 4 is 22.0 Å². The zero-order valence-corrected chi connectivity index (χ0v) is 17.8. The molecule has 4 heteroatoms. The molecule has 0 aromatic heterocycles. The normalized spacial score (nSPS) is 13.7. The first-order valence-electron chi connectivity index (χ1n) is 7.90. The van der Waals surface area contributed by atoms with Gasteiger partial charge >= 0.3 is 133 Å². The zero-order valence-electron chi connectivity index (χ0n) is 15.0. The minimum absolute atomic E-state index is 0.263. The molecular formula is C17H30O3Sn. The van der Waals surface area contributed by atoms with E-state index < -0.39 is 29.4 Å². The summed E-state index contributed by atoms with van der Waals surface area (Å²) in [5.41, 5.74) is -1.12. The predicted octanol–water partition coefficient (Wildman–Crippen LogP) is 3.35. The van der Waals surface area contributed by atoms with Gasteiger partial charge in [-0.3, -0.25) is 0 Å². The van der Waals surface area contributed by atoms with Crippen LogP contribution in [-0.2, 0) is 0 Å². The summed E-state index contributed by atoms with van der Waals surface area (Å²) in [7, 11) is 0. The van der Waals surface area contributed by atoms with Gasteiger partial charge in [-0.2, -0.15) is 0 Å². The molecule has 0 fully saturated rings. The van der Waals surface area contributed by atoms with Crippen LogP contribution in [0.1, 0.15) is 62.3 Å². The topological polar surface area (TPSA) is 43.4 Å². The molecule has 0 heterocycles. The third-order valence-electron chi connectivity index (χ3n) is 4.57. The maximum absolute atomic E-state index is 12.4. The Balaban J connectivity index is 3.59. The molecule has 0 saturated carbocycles. The molecule has 120 valence electrons. The van der Waals surface area contributed by atoms with E-state index in [1.54, 1.807) is 0 Å². The minimum atomic E-state index is -3.05. The van der Waals surface area contributed by atoms with E-state index in [0.717, 1.165) is 3.58 Å². The first-order valence-corrected chi connectivity index (χ1v) is 14.3. The van der Waals surface area contributed by atoms with Crippen LogP contribution in [0, 0.1) is 0 Å². The molecule has 0 spiro atoms. The van der Waals surface area contributed by atoms with Crippen LogP contribution in [0.3, 0.4) is 0 Å². The molecule has 1 rings (SSSR count). The van der Waals surface area contributed by atoms with Gasteiger partial charge in [0.05, 0.1) is 0 Å². The molecule has 0 unspecified atom stereocenters. The maximum atomic E-state index is 12.4. The number of hydrogen-bond donors (Lipinski definition) is 0. The van der Waals surface area contributed by atoms with Gasteiger partial charge in [0.1, 0.15) is 0 Å². The van der Waals surface area contributed by atoms with Gasteiger partial charge in [0.15, 0.2) is 0 Å². The van der Waals surface area contributed by atoms with E-state index in [1.165, 1.54) is 0 Å². The SMILES string of the molecule is C[CH](C)[Sn]([c]1c(OC(C)(C)C)c(=O)c1=O)([CH](C)C)[CH](C)C. The van der Waals surface area contributed by atoms with Gasteiger partial charge in [-0.15, -0.1) is 0 Å². The summed E-state index contributed by atoms with van der Waals surface area (Å²) >= 11 is -3.05. The zero-order chi connectivity index (χ0) is 16.7. The Morgan fingerprint density at radius 1 is 0.810 bits per heavy atom. The van der Waals surface area contributed by atoms with E-state index >= 15 is 0 Å². The molecule has 0 amide bonds. The summed E-state index contributed by atoms with van der Waals surface area (Å²) in [5, 5.41) is 0. The first kappa shape index (κ1) is 18.7. The van der Waals surface area contributed by atoms with Crippen molar-refractivity contribution in [2.24, 2.45) is 0 Å². The first-order chi connectivity index (χ1) is 9.37. The van der Waals surface area contributed by atoms with E-state index in [0.29, 0.717) is 17.6 Å². The number of ether oxygens (including phenoxy) is 1. The van der Waals surface area contributed by atoms with Gasteiger partial charge in [-0.05, 0) is 0 Å². The molecule has 1 aromatic rings. The second kappa shape index (κ2) is 6.05. The summed E-state index contributed by atoms with van der Waals surface area (Å²) < 4.78 is 8.10. The average molecular weight is 401 g/mol. The molecule has 3 nitrogen and oxygen atoms in total. The Labute approximate surface area is 132 Å². The Morgan fingerprint density at radius 3 is 1.48 bits per heavy atom. The van der Waals surface area contributed by atoms with Crippen LogP contribution in [-0.4, -0.2) is 24.0 Å². The summed E-state index contributed by atoms with van der Waals surface area (Å²) in [6, 6.07) is 0. The summed E-state index contributed by atoms with van der Waals surface area (Å²) in [5.74, 6) is 0.388. The standard InChI is InChI=1S/C8H9O3.3C3H7.Sn/c1-8(2,3)11-6-4-5(9)7(6)10;3*1-3-2;/h1-3H3;3*3H,1-2H3;. The fourth-order valence-electron chi connectivity index (χ4n) is 4.03. The van der Waals surface area contributed by atoms with Gasteiger partial charge < -0.3 is 0 Å². The van der Waals surface area contributed by atoms with E-state index in [9.17, 15) is 9.59 Å². The third-order valence-corrected chi connectivity index (χ3v) is 24.7. The quantitative estimate of drug-likeness (QED) is 0.562. The van der Waals surface area contributed by atoms with Crippen molar-refractivity contribution in [1.29, 1.82) is 0 Å². The molecule has 0 aliphatic carbocycles. The second-order valence-electron chi connectivity index (χ2n) is 7.97. The van der Waals surface area contributed by atoms with Crippen LogP contribution in [0.4, 0.5) is 0 Å². The predicted molar refractivity (Wildman–Crippen MR) is 92.4 cm³/mol. The molecule has 0 saturated heterocycles. The fraction of sp³-hybridized carbons (Fsp3) is 0.765. The molecule has 0 aliphatic heterocycles. The van der Waals surface area contributed by atoms with Crippen molar-refractivity contribution in [3.05, 3.63) is 20.4 Å². The second-order valence-corrected chi connectivity index (χ2v) is 24.6. The molecule has 0 N–H and O–H groups in total. The fourth-order valence-corrected chi connectivity index (χ4v) is 23.4. The van der Waals surface area contributed by atoms with E-state index in [-0.39, 0.29) is 5.43 Å². The van der Waals surface area contributed by atoms with Crippen molar-refractivity contribution < 1.29 is 4.74 Å². The Hall–Kier alpha value is -0.321. The molecule has 0 radical (unpaired) electrons. The molecule has 0 aliphatic rings. The van der Waals surface area contributed by atoms with Gasteiger partial charge in [0.25, 0.3) is 0 Å². The van der Waals surface area contributed by atoms with Gasteiger partial charge in [0, 0.05) is 0 Å². The van der Waals surface area contributed by atoms with Crippen molar-refractivity contribution in [2.75, 3.05) is 0 Å². The third kappa shape index (κ3) is 3.08. The summed E-state index contributed by atoms with van der Waals surface area (Å²) in [4.78, 5) is 24.4. The van der Waals surface area contributed by atoms with Gasteiger partial charge in [-0.25, -0.2) is 0 Å². The van der Waals surface area contributed by atoms with Crippen molar-refractivity contribution in [3.63, 3.8) is 0 Å². The van der Waals surface area contributed by atoms with Crippen LogP contribution in [0.15, 0.2) is 9.59 Å². The average Bonchev–Trinajstić information content (AvgIpc) is 2.30. The van der Waals surface area contributed by atoms with Gasteiger partial charge in [0.2, 0.25) is 0 Å². The summed E-state index contributed by atoms with van der Waals surface area (Å²) in [6.07, 6.45) is 0. The monoisotopic (exact) mass is 402 g/mol. The molecule has 21 heavy (non-hydrogen) atoms. The number of rotatable bonds is 5. The Kier molecular flexibility index (Phi) is 5.40. The Bertz CT molecular complexity index is 548. The summed E-state index contributed by atoms with van der Waals surface area (Å²) in [6.45, 7) is 19.1. The molecule has 0 atom stereocenters. The van der Waals surface area contributed by atoms with Crippen LogP contribution < -0.4 is 19.2 Å². The van der Waals surface area contributed by atoms with E-state index in [2.05, 4.69) is 41.5 Å². The van der Waals surface area contributed by atoms with Crippen molar-refractivity contribution in [2.45, 2.75) is 79.7 Å². The molecule has 1 aromatic carbocycles. The molecular weight excluding hydrogens is 371 g/mol. The van der Waals surface area contributed by atoms with Crippen molar-refractivity contribution in [3.8, 4) is 5.75 Å². The van der Waals surface area contributed by atoms with Crippen LogP contribution in [0.5, 0.6) is 5.75 Å². The Morgan fingerprint density at radius 2 is 1.19 bits per heavy atom. The van der Waals surface area contributed by atoms with Crippen LogP contribution >= 0.6 is 0 Å². The van der Waals surface area contributed by atoms with Gasteiger partial charge in [-0.1, -0.05) is 0 Å². The van der Waals surface area contributed by atoms with Crippen LogP contribution in [0.2, 0.25) is 11.8 Å². The number of hydrogen-bond acceptors (Lipinski definition) is 3. The van der Waals surface area contributed by atoms with Crippen LogP contribution in [0.25, 0.3) is 0 Å². The van der Waals surface area contributed by atoms with E-state index in [4.69, 9.17) is 4.74 Å².